The summed E-state index contributed by atoms with van der Waals surface area (Å²) >= 11 is 0. The zero-order chi connectivity index (χ0) is 7.98. The molecule has 0 aliphatic carbocycles. The number of hydrogen-bond donors (Lipinski definition) is 2. The first-order valence-electron chi connectivity index (χ1n) is 3.03. The molecule has 10 heavy (non-hydrogen) atoms. The number of carbonyl (C=O) groups is 2. The maximum atomic E-state index is 9.96. The molecule has 58 valence electrons. The molecule has 1 atom stereocenters. The summed E-state index contributed by atoms with van der Waals surface area (Å²) in [5.74, 6) is -1.23. The lowest BCUT2D eigenvalue weighted by Gasteiger charge is -2.01. The van der Waals surface area contributed by atoms with E-state index in [0.717, 1.165) is 0 Å². The van der Waals surface area contributed by atoms with Gasteiger partial charge in [-0.15, -0.1) is 0 Å². The standard InChI is InChI=1S/C6H10O4/c7-4-2-1-3-5(8)6(9)10/h4-5,8H,1-3H2,(H,9,10)/t5-/m1/s1. The minimum absolute atomic E-state index is 0.147. The number of rotatable bonds is 5. The molecular formula is C6H10O4. The summed E-state index contributed by atoms with van der Waals surface area (Å²) in [7, 11) is 0. The number of hydrogen-bond acceptors (Lipinski definition) is 3. The van der Waals surface area contributed by atoms with Gasteiger partial charge in [-0.1, -0.05) is 0 Å². The van der Waals surface area contributed by atoms with Crippen molar-refractivity contribution < 1.29 is 19.8 Å². The Morgan fingerprint density at radius 3 is 2.60 bits per heavy atom. The SMILES string of the molecule is O=CCCC[C@@H](O)C(=O)O. The van der Waals surface area contributed by atoms with Gasteiger partial charge < -0.3 is 15.0 Å². The average Bonchev–Trinajstić information content (AvgIpc) is 1.88. The molecule has 0 spiro atoms. The van der Waals surface area contributed by atoms with Crippen LogP contribution in [0.15, 0.2) is 0 Å². The van der Waals surface area contributed by atoms with E-state index in [1.165, 1.54) is 0 Å². The van der Waals surface area contributed by atoms with E-state index in [2.05, 4.69) is 0 Å². The summed E-state index contributed by atoms with van der Waals surface area (Å²) in [5.41, 5.74) is 0. The first-order chi connectivity index (χ1) is 4.68. The summed E-state index contributed by atoms with van der Waals surface area (Å²) in [6, 6.07) is 0. The number of carbonyl (C=O) groups excluding carboxylic acids is 1. The summed E-state index contributed by atoms with van der Waals surface area (Å²) in [6.07, 6.45) is 0.268. The second kappa shape index (κ2) is 4.93. The normalized spacial score (nSPS) is 12.5. The Morgan fingerprint density at radius 1 is 1.60 bits per heavy atom. The monoisotopic (exact) mass is 146 g/mol. The van der Waals surface area contributed by atoms with E-state index in [1.807, 2.05) is 0 Å². The zero-order valence-corrected chi connectivity index (χ0v) is 5.49. The van der Waals surface area contributed by atoms with Gasteiger partial charge in [0.25, 0.3) is 0 Å². The molecule has 0 bridgehead atoms. The molecule has 0 amide bonds. The van der Waals surface area contributed by atoms with E-state index in [-0.39, 0.29) is 6.42 Å². The molecule has 0 radical (unpaired) electrons. The molecule has 2 N–H and O–H groups in total. The zero-order valence-electron chi connectivity index (χ0n) is 5.49. The molecule has 0 aromatic rings. The molecule has 0 saturated carbocycles. The van der Waals surface area contributed by atoms with Crippen molar-refractivity contribution in [2.24, 2.45) is 0 Å². The molecule has 0 saturated heterocycles. The second-order valence-electron chi connectivity index (χ2n) is 1.95. The second-order valence-corrected chi connectivity index (χ2v) is 1.95. The van der Waals surface area contributed by atoms with Crippen LogP contribution in [0.3, 0.4) is 0 Å². The van der Waals surface area contributed by atoms with Crippen LogP contribution >= 0.6 is 0 Å². The molecule has 4 heteroatoms. The van der Waals surface area contributed by atoms with E-state index in [4.69, 9.17) is 10.2 Å². The highest BCUT2D eigenvalue weighted by Crippen LogP contribution is 1.98. The predicted octanol–water partition coefficient (Wildman–Crippen LogP) is -0.199. The highest BCUT2D eigenvalue weighted by Gasteiger charge is 2.10. The number of carboxylic acids is 1. The third-order valence-electron chi connectivity index (χ3n) is 1.08. The van der Waals surface area contributed by atoms with Crippen molar-refractivity contribution in [3.05, 3.63) is 0 Å². The Balaban J connectivity index is 3.30. The van der Waals surface area contributed by atoms with Crippen molar-refractivity contribution in [3.8, 4) is 0 Å². The number of unbranched alkanes of at least 4 members (excludes halogenated alkanes) is 1. The van der Waals surface area contributed by atoms with Crippen LogP contribution in [0.4, 0.5) is 0 Å². The fourth-order valence-electron chi connectivity index (χ4n) is 0.518. The molecule has 0 unspecified atom stereocenters. The van der Waals surface area contributed by atoms with Gasteiger partial charge in [0.2, 0.25) is 0 Å². The van der Waals surface area contributed by atoms with Crippen LogP contribution in [-0.4, -0.2) is 28.6 Å². The first kappa shape index (κ1) is 9.10. The van der Waals surface area contributed by atoms with Crippen LogP contribution in [0, 0.1) is 0 Å². The first-order valence-corrected chi connectivity index (χ1v) is 3.03. The van der Waals surface area contributed by atoms with Gasteiger partial charge >= 0.3 is 5.97 Å². The molecule has 0 heterocycles. The van der Waals surface area contributed by atoms with Gasteiger partial charge in [-0.2, -0.15) is 0 Å². The van der Waals surface area contributed by atoms with Crippen LogP contribution in [0.2, 0.25) is 0 Å². The minimum Gasteiger partial charge on any atom is -0.479 e. The van der Waals surface area contributed by atoms with Gasteiger partial charge in [0.15, 0.2) is 6.10 Å². The summed E-state index contributed by atoms with van der Waals surface area (Å²) in [4.78, 5) is 19.7. The number of carboxylic acid groups (broad SMARTS) is 1. The summed E-state index contributed by atoms with van der Waals surface area (Å²) in [5, 5.41) is 16.8. The van der Waals surface area contributed by atoms with Gasteiger partial charge in [-0.3, -0.25) is 0 Å². The maximum absolute atomic E-state index is 9.96. The van der Waals surface area contributed by atoms with Gasteiger partial charge in [0, 0.05) is 6.42 Å². The van der Waals surface area contributed by atoms with E-state index >= 15 is 0 Å². The van der Waals surface area contributed by atoms with Gasteiger partial charge in [-0.05, 0) is 12.8 Å². The smallest absolute Gasteiger partial charge is 0.332 e. The minimum atomic E-state index is -1.32. The van der Waals surface area contributed by atoms with Crippen molar-refractivity contribution in [1.29, 1.82) is 0 Å². The van der Waals surface area contributed by atoms with Gasteiger partial charge in [0.1, 0.15) is 6.29 Å². The lowest BCUT2D eigenvalue weighted by molar-refractivity contribution is -0.147. The topological polar surface area (TPSA) is 74.6 Å². The van der Waals surface area contributed by atoms with E-state index < -0.39 is 12.1 Å². The third kappa shape index (κ3) is 4.03. The van der Waals surface area contributed by atoms with Crippen LogP contribution in [0.1, 0.15) is 19.3 Å². The number of aldehydes is 1. The number of aliphatic hydroxyl groups excluding tert-OH is 1. The highest BCUT2D eigenvalue weighted by atomic mass is 16.4. The Bertz CT molecular complexity index is 121. The Hall–Kier alpha value is -0.900. The largest absolute Gasteiger partial charge is 0.479 e. The molecule has 0 aliphatic rings. The molecule has 0 aromatic carbocycles. The van der Waals surface area contributed by atoms with E-state index in [0.29, 0.717) is 19.1 Å². The van der Waals surface area contributed by atoms with Gasteiger partial charge in [0.05, 0.1) is 0 Å². The van der Waals surface area contributed by atoms with Gasteiger partial charge in [-0.25, -0.2) is 4.79 Å². The lowest BCUT2D eigenvalue weighted by Crippen LogP contribution is -2.18. The Labute approximate surface area is 58.5 Å². The lowest BCUT2D eigenvalue weighted by atomic mass is 10.2. The van der Waals surface area contributed by atoms with Crippen molar-refractivity contribution in [1.82, 2.24) is 0 Å². The molecule has 4 nitrogen and oxygen atoms in total. The van der Waals surface area contributed by atoms with E-state index in [1.54, 1.807) is 0 Å². The van der Waals surface area contributed by atoms with Crippen LogP contribution in [0.25, 0.3) is 0 Å². The number of aliphatic carboxylic acids is 1. The molecule has 0 rings (SSSR count). The third-order valence-corrected chi connectivity index (χ3v) is 1.08. The summed E-state index contributed by atoms with van der Waals surface area (Å²) in [6.45, 7) is 0. The van der Waals surface area contributed by atoms with Crippen molar-refractivity contribution in [3.63, 3.8) is 0 Å². The fourth-order valence-corrected chi connectivity index (χ4v) is 0.518. The Kier molecular flexibility index (Phi) is 4.49. The van der Waals surface area contributed by atoms with Crippen LogP contribution in [-0.2, 0) is 9.59 Å². The van der Waals surface area contributed by atoms with Crippen LogP contribution < -0.4 is 0 Å². The molecule has 0 fully saturated rings. The van der Waals surface area contributed by atoms with Crippen molar-refractivity contribution in [2.45, 2.75) is 25.4 Å². The van der Waals surface area contributed by atoms with E-state index in [9.17, 15) is 9.59 Å². The maximum Gasteiger partial charge on any atom is 0.332 e. The molecule has 0 aliphatic heterocycles. The molecule has 0 aromatic heterocycles. The van der Waals surface area contributed by atoms with Crippen molar-refractivity contribution in [2.75, 3.05) is 0 Å². The predicted molar refractivity (Wildman–Crippen MR) is 33.6 cm³/mol. The molecular weight excluding hydrogens is 136 g/mol. The highest BCUT2D eigenvalue weighted by molar-refractivity contribution is 5.71. The average molecular weight is 146 g/mol. The summed E-state index contributed by atoms with van der Waals surface area (Å²) < 4.78 is 0. The Morgan fingerprint density at radius 2 is 2.20 bits per heavy atom. The number of aliphatic hydroxyl groups is 1. The fraction of sp³-hybridized carbons (Fsp3) is 0.667. The van der Waals surface area contributed by atoms with Crippen LogP contribution in [0.5, 0.6) is 0 Å². The quantitative estimate of drug-likeness (QED) is 0.416. The van der Waals surface area contributed by atoms with Crippen molar-refractivity contribution >= 4 is 12.3 Å².